The number of unbranched alkanes of at least 4 members (excludes halogenated alkanes) is 1. The molecule has 6 nitrogen and oxygen atoms in total. The van der Waals surface area contributed by atoms with Crippen LogP contribution in [-0.2, 0) is 26.0 Å². The fraction of sp³-hybridized carbons (Fsp3) is 0.632. The van der Waals surface area contributed by atoms with Gasteiger partial charge in [-0.05, 0) is 49.8 Å². The van der Waals surface area contributed by atoms with Crippen molar-refractivity contribution in [2.75, 3.05) is 28.5 Å². The van der Waals surface area contributed by atoms with Crippen molar-refractivity contribution >= 4 is 27.3 Å². The summed E-state index contributed by atoms with van der Waals surface area (Å²) in [5.74, 6) is 0.0775. The van der Waals surface area contributed by atoms with Gasteiger partial charge in [-0.2, -0.15) is 0 Å². The number of anilines is 2. The van der Waals surface area contributed by atoms with Crippen LogP contribution < -0.4 is 9.62 Å². The van der Waals surface area contributed by atoms with Crippen LogP contribution in [0.4, 0.5) is 11.4 Å². The summed E-state index contributed by atoms with van der Waals surface area (Å²) >= 11 is 0. The Bertz CT molecular complexity index is 742. The first-order valence-electron chi connectivity index (χ1n) is 9.54. The third kappa shape index (κ3) is 4.57. The summed E-state index contributed by atoms with van der Waals surface area (Å²) in [4.78, 5) is 12.3. The lowest BCUT2D eigenvalue weighted by Crippen LogP contribution is -2.31. The molecule has 1 atom stereocenters. The van der Waals surface area contributed by atoms with Gasteiger partial charge in [-0.3, -0.25) is 9.10 Å². The molecule has 3 rings (SSSR count). The van der Waals surface area contributed by atoms with Gasteiger partial charge in [-0.1, -0.05) is 19.4 Å². The van der Waals surface area contributed by atoms with Crippen molar-refractivity contribution < 1.29 is 17.9 Å². The third-order valence-electron chi connectivity index (χ3n) is 5.00. The summed E-state index contributed by atoms with van der Waals surface area (Å²) in [7, 11) is -3.30. The highest BCUT2D eigenvalue weighted by molar-refractivity contribution is 7.92. The van der Waals surface area contributed by atoms with Gasteiger partial charge in [0.05, 0.1) is 24.0 Å². The lowest BCUT2D eigenvalue weighted by atomic mass is 10.1. The molecule has 0 bridgehead atoms. The number of benzene rings is 1. The Morgan fingerprint density at radius 2 is 2.19 bits per heavy atom. The van der Waals surface area contributed by atoms with Gasteiger partial charge in [0.1, 0.15) is 0 Å². The van der Waals surface area contributed by atoms with E-state index in [1.165, 1.54) is 4.31 Å². The van der Waals surface area contributed by atoms with Crippen LogP contribution in [0.1, 0.15) is 51.0 Å². The minimum absolute atomic E-state index is 0.0101. The number of carbonyl (C=O) groups is 1. The topological polar surface area (TPSA) is 75.7 Å². The van der Waals surface area contributed by atoms with Crippen LogP contribution in [0.3, 0.4) is 0 Å². The Hall–Kier alpha value is -1.60. The Labute approximate surface area is 156 Å². The van der Waals surface area contributed by atoms with Crippen LogP contribution in [0.2, 0.25) is 0 Å². The fourth-order valence-electron chi connectivity index (χ4n) is 3.54. The first kappa shape index (κ1) is 19.2. The number of fused-ring (bicyclic) bond motifs is 1. The molecule has 1 N–H and O–H groups in total. The van der Waals surface area contributed by atoms with Crippen LogP contribution in [0.25, 0.3) is 0 Å². The van der Waals surface area contributed by atoms with Gasteiger partial charge in [0.25, 0.3) is 0 Å². The third-order valence-corrected chi connectivity index (χ3v) is 6.86. The molecule has 7 heteroatoms. The van der Waals surface area contributed by atoms with Gasteiger partial charge in [0, 0.05) is 18.8 Å². The maximum Gasteiger partial charge on any atom is 0.235 e. The Kier molecular flexibility index (Phi) is 6.19. The van der Waals surface area contributed by atoms with Crippen LogP contribution in [-0.4, -0.2) is 39.3 Å². The molecule has 1 aromatic carbocycles. The molecule has 0 aromatic heterocycles. The van der Waals surface area contributed by atoms with Crippen LogP contribution in [0, 0.1) is 0 Å². The number of sulfonamides is 1. The first-order valence-corrected chi connectivity index (χ1v) is 11.2. The second-order valence-corrected chi connectivity index (χ2v) is 9.09. The highest BCUT2D eigenvalue weighted by Gasteiger charge is 2.29. The molecule has 1 unspecified atom stereocenters. The normalized spacial score (nSPS) is 20.0. The van der Waals surface area contributed by atoms with Crippen LogP contribution in [0.5, 0.6) is 0 Å². The Morgan fingerprint density at radius 3 is 2.92 bits per heavy atom. The Balaban J connectivity index is 1.68. The van der Waals surface area contributed by atoms with Gasteiger partial charge >= 0.3 is 0 Å². The SMILES string of the molecule is CCCCS(=O)(=O)N1CCc2ccc(NC(=O)CC3CCCCO3)cc21. The lowest BCUT2D eigenvalue weighted by Gasteiger charge is -2.22. The number of nitrogens with one attached hydrogen (secondary N) is 1. The molecule has 0 saturated carbocycles. The predicted octanol–water partition coefficient (Wildman–Crippen LogP) is 3.08. The van der Waals surface area contributed by atoms with Crippen molar-refractivity contribution in [3.63, 3.8) is 0 Å². The van der Waals surface area contributed by atoms with Crippen molar-refractivity contribution in [2.24, 2.45) is 0 Å². The van der Waals surface area contributed by atoms with Crippen molar-refractivity contribution in [1.82, 2.24) is 0 Å². The Morgan fingerprint density at radius 1 is 1.35 bits per heavy atom. The molecule has 0 aliphatic carbocycles. The van der Waals surface area contributed by atoms with Crippen molar-refractivity contribution in [1.29, 1.82) is 0 Å². The zero-order valence-corrected chi connectivity index (χ0v) is 16.2. The average molecular weight is 381 g/mol. The molecule has 1 saturated heterocycles. The van der Waals surface area contributed by atoms with E-state index in [9.17, 15) is 13.2 Å². The van der Waals surface area contributed by atoms with E-state index in [2.05, 4.69) is 5.32 Å². The number of hydrogen-bond acceptors (Lipinski definition) is 4. The van der Waals surface area contributed by atoms with E-state index in [4.69, 9.17) is 4.74 Å². The van der Waals surface area contributed by atoms with E-state index in [0.717, 1.165) is 37.9 Å². The summed E-state index contributed by atoms with van der Waals surface area (Å²) in [5, 5.41) is 2.89. The molecular formula is C19H28N2O4S. The number of carbonyl (C=O) groups excluding carboxylic acids is 1. The zero-order chi connectivity index (χ0) is 18.6. The standard InChI is InChI=1S/C19H28N2O4S/c1-2-3-12-26(23,24)21-10-9-15-7-8-16(13-18(15)21)20-19(22)14-17-6-4-5-11-25-17/h7-8,13,17H,2-6,9-12,14H2,1H3,(H,20,22). The molecule has 1 amide bonds. The van der Waals surface area contributed by atoms with Crippen molar-refractivity contribution in [3.8, 4) is 0 Å². The summed E-state index contributed by atoms with van der Waals surface area (Å²) in [6, 6.07) is 5.55. The second-order valence-electron chi connectivity index (χ2n) is 7.08. The minimum atomic E-state index is -3.30. The van der Waals surface area contributed by atoms with E-state index in [-0.39, 0.29) is 17.8 Å². The molecule has 0 radical (unpaired) electrons. The molecule has 1 fully saturated rings. The predicted molar refractivity (Wildman–Crippen MR) is 103 cm³/mol. The van der Waals surface area contributed by atoms with Crippen LogP contribution in [0.15, 0.2) is 18.2 Å². The van der Waals surface area contributed by atoms with Crippen LogP contribution >= 0.6 is 0 Å². The maximum absolute atomic E-state index is 12.6. The van der Waals surface area contributed by atoms with Gasteiger partial charge < -0.3 is 10.1 Å². The summed E-state index contributed by atoms with van der Waals surface area (Å²) in [6.45, 7) is 3.19. The molecular weight excluding hydrogens is 352 g/mol. The highest BCUT2D eigenvalue weighted by atomic mass is 32.2. The van der Waals surface area contributed by atoms with E-state index in [1.807, 2.05) is 19.1 Å². The molecule has 26 heavy (non-hydrogen) atoms. The van der Waals surface area contributed by atoms with Gasteiger partial charge in [0.2, 0.25) is 15.9 Å². The summed E-state index contributed by atoms with van der Waals surface area (Å²) in [6.07, 6.45) is 5.63. The molecule has 2 aliphatic rings. The first-order chi connectivity index (χ1) is 12.5. The quantitative estimate of drug-likeness (QED) is 0.789. The molecule has 1 aromatic rings. The molecule has 2 heterocycles. The summed E-state index contributed by atoms with van der Waals surface area (Å²) in [5.41, 5.74) is 2.36. The zero-order valence-electron chi connectivity index (χ0n) is 15.4. The van der Waals surface area contributed by atoms with E-state index in [0.29, 0.717) is 37.2 Å². The van der Waals surface area contributed by atoms with Gasteiger partial charge in [-0.25, -0.2) is 8.42 Å². The maximum atomic E-state index is 12.6. The van der Waals surface area contributed by atoms with E-state index in [1.54, 1.807) is 6.07 Å². The monoisotopic (exact) mass is 380 g/mol. The van der Waals surface area contributed by atoms with Crippen molar-refractivity contribution in [3.05, 3.63) is 23.8 Å². The van der Waals surface area contributed by atoms with Crippen molar-refractivity contribution in [2.45, 2.75) is 58.0 Å². The fourth-order valence-corrected chi connectivity index (χ4v) is 5.25. The number of hydrogen-bond donors (Lipinski definition) is 1. The molecule has 2 aliphatic heterocycles. The number of amides is 1. The highest BCUT2D eigenvalue weighted by Crippen LogP contribution is 2.33. The number of rotatable bonds is 7. The molecule has 0 spiro atoms. The van der Waals surface area contributed by atoms with Gasteiger partial charge in [-0.15, -0.1) is 0 Å². The number of nitrogens with zero attached hydrogens (tertiary/aromatic N) is 1. The van der Waals surface area contributed by atoms with E-state index < -0.39 is 10.0 Å². The lowest BCUT2D eigenvalue weighted by molar-refractivity contribution is -0.119. The second kappa shape index (κ2) is 8.39. The smallest absolute Gasteiger partial charge is 0.235 e. The summed E-state index contributed by atoms with van der Waals surface area (Å²) < 4.78 is 32.3. The van der Waals surface area contributed by atoms with E-state index >= 15 is 0 Å². The molecule has 144 valence electrons. The minimum Gasteiger partial charge on any atom is -0.378 e. The average Bonchev–Trinajstić information content (AvgIpc) is 3.05. The van der Waals surface area contributed by atoms with Gasteiger partial charge in [0.15, 0.2) is 0 Å². The number of ether oxygens (including phenoxy) is 1. The largest absolute Gasteiger partial charge is 0.378 e.